The van der Waals surface area contributed by atoms with E-state index in [9.17, 15) is 10.1 Å². The molecule has 0 spiro atoms. The lowest BCUT2D eigenvalue weighted by atomic mass is 10.1. The molecule has 0 aliphatic carbocycles. The molecule has 0 saturated carbocycles. The molecule has 102 valence electrons. The minimum absolute atomic E-state index is 0.0136. The molecule has 1 unspecified atom stereocenters. The zero-order chi connectivity index (χ0) is 13.9. The van der Waals surface area contributed by atoms with E-state index in [0.717, 1.165) is 0 Å². The molecule has 0 saturated heterocycles. The number of anilines is 1. The Morgan fingerprint density at radius 3 is 2.56 bits per heavy atom. The summed E-state index contributed by atoms with van der Waals surface area (Å²) in [4.78, 5) is 10.8. The molecular formula is C11H20N4O3. The Morgan fingerprint density at radius 1 is 1.50 bits per heavy atom. The predicted octanol–water partition coefficient (Wildman–Crippen LogP) is 1.63. The summed E-state index contributed by atoms with van der Waals surface area (Å²) in [6.45, 7) is 5.64. The van der Waals surface area contributed by atoms with Gasteiger partial charge in [0.15, 0.2) is 0 Å². The average Bonchev–Trinajstić information content (AvgIpc) is 2.57. The molecule has 1 aromatic rings. The highest BCUT2D eigenvalue weighted by molar-refractivity contribution is 5.61. The van der Waals surface area contributed by atoms with Crippen molar-refractivity contribution >= 4 is 11.5 Å². The third-order valence-electron chi connectivity index (χ3n) is 2.72. The molecule has 0 amide bonds. The summed E-state index contributed by atoms with van der Waals surface area (Å²) in [6.07, 6.45) is 0.527. The van der Waals surface area contributed by atoms with E-state index in [-0.39, 0.29) is 24.3 Å². The molecular weight excluding hydrogens is 236 g/mol. The zero-order valence-corrected chi connectivity index (χ0v) is 11.2. The van der Waals surface area contributed by atoms with Crippen molar-refractivity contribution in [2.45, 2.75) is 39.2 Å². The predicted molar refractivity (Wildman–Crippen MR) is 68.7 cm³/mol. The van der Waals surface area contributed by atoms with E-state index in [4.69, 9.17) is 5.11 Å². The summed E-state index contributed by atoms with van der Waals surface area (Å²) in [5, 5.41) is 27.3. The molecule has 1 heterocycles. The standard InChI is InChI=1S/C11H20N4O3/c1-7(2)9-10(15(17)18)11(14(4)13-9)12-8(3)5-6-16/h7-8,12,16H,5-6H2,1-4H3. The van der Waals surface area contributed by atoms with Crippen LogP contribution in [0.15, 0.2) is 0 Å². The van der Waals surface area contributed by atoms with Gasteiger partial charge in [-0.3, -0.25) is 10.1 Å². The molecule has 7 heteroatoms. The fourth-order valence-electron chi connectivity index (χ4n) is 1.76. The van der Waals surface area contributed by atoms with Crippen LogP contribution in [0.4, 0.5) is 11.5 Å². The Labute approximate surface area is 106 Å². The fourth-order valence-corrected chi connectivity index (χ4v) is 1.76. The summed E-state index contributed by atoms with van der Waals surface area (Å²) < 4.78 is 1.49. The summed E-state index contributed by atoms with van der Waals surface area (Å²) in [5.41, 5.74) is 0.499. The van der Waals surface area contributed by atoms with Gasteiger partial charge in [0.1, 0.15) is 5.69 Å². The largest absolute Gasteiger partial charge is 0.396 e. The highest BCUT2D eigenvalue weighted by Crippen LogP contribution is 2.33. The van der Waals surface area contributed by atoms with Gasteiger partial charge in [0, 0.05) is 25.6 Å². The molecule has 7 nitrogen and oxygen atoms in total. The maximum Gasteiger partial charge on any atom is 0.334 e. The Bertz CT molecular complexity index is 428. The Hall–Kier alpha value is -1.63. The van der Waals surface area contributed by atoms with E-state index in [2.05, 4.69) is 10.4 Å². The number of nitrogens with one attached hydrogen (secondary N) is 1. The first-order valence-electron chi connectivity index (χ1n) is 5.97. The van der Waals surface area contributed by atoms with Gasteiger partial charge in [0.05, 0.1) is 4.92 Å². The minimum Gasteiger partial charge on any atom is -0.396 e. The first-order chi connectivity index (χ1) is 8.38. The normalized spacial score (nSPS) is 12.8. The van der Waals surface area contributed by atoms with Crippen LogP contribution in [0.25, 0.3) is 0 Å². The highest BCUT2D eigenvalue weighted by Gasteiger charge is 2.28. The molecule has 18 heavy (non-hydrogen) atoms. The smallest absolute Gasteiger partial charge is 0.334 e. The third kappa shape index (κ3) is 2.98. The molecule has 1 rings (SSSR count). The zero-order valence-electron chi connectivity index (χ0n) is 11.2. The molecule has 1 atom stereocenters. The lowest BCUT2D eigenvalue weighted by Crippen LogP contribution is -2.19. The second-order valence-corrected chi connectivity index (χ2v) is 4.68. The number of rotatable bonds is 6. The van der Waals surface area contributed by atoms with E-state index >= 15 is 0 Å². The van der Waals surface area contributed by atoms with E-state index in [1.165, 1.54) is 4.68 Å². The Balaban J connectivity index is 3.13. The number of aryl methyl sites for hydroxylation is 1. The molecule has 0 radical (unpaired) electrons. The number of aromatic nitrogens is 2. The fraction of sp³-hybridized carbons (Fsp3) is 0.727. The van der Waals surface area contributed by atoms with Crippen molar-refractivity contribution in [3.05, 3.63) is 15.8 Å². The number of hydrogen-bond acceptors (Lipinski definition) is 5. The van der Waals surface area contributed by atoms with Gasteiger partial charge >= 0.3 is 5.69 Å². The van der Waals surface area contributed by atoms with E-state index in [1.54, 1.807) is 7.05 Å². The average molecular weight is 256 g/mol. The number of hydrogen-bond donors (Lipinski definition) is 2. The van der Waals surface area contributed by atoms with Gasteiger partial charge in [-0.05, 0) is 13.3 Å². The molecule has 0 aliphatic rings. The first-order valence-corrected chi connectivity index (χ1v) is 5.97. The SMILES string of the molecule is CC(CCO)Nc1c([N+](=O)[O-])c(C(C)C)nn1C. The monoisotopic (exact) mass is 256 g/mol. The van der Waals surface area contributed by atoms with E-state index in [1.807, 2.05) is 20.8 Å². The Morgan fingerprint density at radius 2 is 2.11 bits per heavy atom. The summed E-state index contributed by atoms with van der Waals surface area (Å²) >= 11 is 0. The van der Waals surface area contributed by atoms with Crippen LogP contribution in [-0.2, 0) is 7.05 Å². The van der Waals surface area contributed by atoms with E-state index in [0.29, 0.717) is 17.9 Å². The van der Waals surface area contributed by atoms with Crippen LogP contribution >= 0.6 is 0 Å². The highest BCUT2D eigenvalue weighted by atomic mass is 16.6. The Kier molecular flexibility index (Phi) is 4.66. The first kappa shape index (κ1) is 14.4. The number of nitro groups is 1. The quantitative estimate of drug-likeness (QED) is 0.596. The minimum atomic E-state index is -0.406. The van der Waals surface area contributed by atoms with Crippen LogP contribution < -0.4 is 5.32 Å². The summed E-state index contributed by atoms with van der Waals surface area (Å²) in [5.74, 6) is 0.380. The van der Waals surface area contributed by atoms with Crippen LogP contribution in [0.5, 0.6) is 0 Å². The number of aliphatic hydroxyl groups excluding tert-OH is 1. The van der Waals surface area contributed by atoms with Crippen molar-refractivity contribution in [2.24, 2.45) is 7.05 Å². The third-order valence-corrected chi connectivity index (χ3v) is 2.72. The summed E-state index contributed by atoms with van der Waals surface area (Å²) in [6, 6.07) is -0.0517. The molecule has 0 aliphatic heterocycles. The van der Waals surface area contributed by atoms with Crippen LogP contribution in [0, 0.1) is 10.1 Å². The maximum absolute atomic E-state index is 11.2. The van der Waals surface area contributed by atoms with Crippen molar-refractivity contribution in [1.82, 2.24) is 9.78 Å². The summed E-state index contributed by atoms with van der Waals surface area (Å²) in [7, 11) is 1.67. The van der Waals surface area contributed by atoms with Gasteiger partial charge in [0.2, 0.25) is 5.82 Å². The van der Waals surface area contributed by atoms with Crippen LogP contribution in [0.2, 0.25) is 0 Å². The molecule has 2 N–H and O–H groups in total. The van der Waals surface area contributed by atoms with Gasteiger partial charge in [-0.1, -0.05) is 13.8 Å². The van der Waals surface area contributed by atoms with Crippen molar-refractivity contribution in [1.29, 1.82) is 0 Å². The number of aliphatic hydroxyl groups is 1. The maximum atomic E-state index is 11.2. The van der Waals surface area contributed by atoms with Crippen LogP contribution in [0.3, 0.4) is 0 Å². The second kappa shape index (κ2) is 5.81. The lowest BCUT2D eigenvalue weighted by molar-refractivity contribution is -0.384. The van der Waals surface area contributed by atoms with Crippen molar-refractivity contribution < 1.29 is 10.0 Å². The molecule has 0 aromatic carbocycles. The van der Waals surface area contributed by atoms with Crippen molar-refractivity contribution in [3.63, 3.8) is 0 Å². The second-order valence-electron chi connectivity index (χ2n) is 4.68. The van der Waals surface area contributed by atoms with Gasteiger partial charge < -0.3 is 10.4 Å². The van der Waals surface area contributed by atoms with Crippen LogP contribution in [0.1, 0.15) is 38.8 Å². The van der Waals surface area contributed by atoms with Gasteiger partial charge in [0.25, 0.3) is 0 Å². The molecule has 1 aromatic heterocycles. The van der Waals surface area contributed by atoms with Crippen molar-refractivity contribution in [2.75, 3.05) is 11.9 Å². The molecule has 0 fully saturated rings. The van der Waals surface area contributed by atoms with Gasteiger partial charge in [-0.15, -0.1) is 0 Å². The topological polar surface area (TPSA) is 93.2 Å². The lowest BCUT2D eigenvalue weighted by Gasteiger charge is -2.13. The number of nitrogens with zero attached hydrogens (tertiary/aromatic N) is 3. The van der Waals surface area contributed by atoms with Gasteiger partial charge in [-0.25, -0.2) is 4.68 Å². The van der Waals surface area contributed by atoms with Gasteiger partial charge in [-0.2, -0.15) is 5.10 Å². The van der Waals surface area contributed by atoms with Crippen LogP contribution in [-0.4, -0.2) is 32.5 Å². The molecule has 0 bridgehead atoms. The van der Waals surface area contributed by atoms with E-state index < -0.39 is 4.92 Å². The van der Waals surface area contributed by atoms with Crippen molar-refractivity contribution in [3.8, 4) is 0 Å².